The quantitative estimate of drug-likeness (QED) is 0.694. The van der Waals surface area contributed by atoms with Crippen LogP contribution >= 0.6 is 0 Å². The SMILES string of the molecule is CC(NC(=O)C1CNc2ccccc2O1)C(N)=O. The van der Waals surface area contributed by atoms with Crippen LogP contribution < -0.4 is 21.1 Å². The van der Waals surface area contributed by atoms with Crippen molar-refractivity contribution < 1.29 is 14.3 Å². The van der Waals surface area contributed by atoms with Gasteiger partial charge in [0.15, 0.2) is 6.10 Å². The summed E-state index contributed by atoms with van der Waals surface area (Å²) < 4.78 is 5.55. The van der Waals surface area contributed by atoms with E-state index in [-0.39, 0.29) is 5.91 Å². The first-order valence-electron chi connectivity index (χ1n) is 5.67. The molecule has 2 amide bonds. The Morgan fingerprint density at radius 2 is 2.22 bits per heavy atom. The zero-order valence-electron chi connectivity index (χ0n) is 9.97. The lowest BCUT2D eigenvalue weighted by atomic mass is 10.2. The summed E-state index contributed by atoms with van der Waals surface area (Å²) >= 11 is 0. The Morgan fingerprint density at radius 1 is 1.50 bits per heavy atom. The number of ether oxygens (including phenoxy) is 1. The number of hydrogen-bond donors (Lipinski definition) is 3. The molecule has 96 valence electrons. The largest absolute Gasteiger partial charge is 0.477 e. The minimum absolute atomic E-state index is 0.355. The van der Waals surface area contributed by atoms with E-state index in [0.717, 1.165) is 5.69 Å². The van der Waals surface area contributed by atoms with Crippen molar-refractivity contribution in [2.24, 2.45) is 5.73 Å². The Balaban J connectivity index is 2.00. The molecular formula is C12H15N3O3. The van der Waals surface area contributed by atoms with E-state index < -0.39 is 18.1 Å². The van der Waals surface area contributed by atoms with Gasteiger partial charge in [-0.25, -0.2) is 0 Å². The molecule has 0 bridgehead atoms. The second kappa shape index (κ2) is 4.95. The minimum Gasteiger partial charge on any atom is -0.477 e. The Bertz CT molecular complexity index is 475. The van der Waals surface area contributed by atoms with Crippen molar-refractivity contribution in [1.29, 1.82) is 0 Å². The molecule has 0 aromatic heterocycles. The van der Waals surface area contributed by atoms with Gasteiger partial charge in [-0.15, -0.1) is 0 Å². The normalized spacial score (nSPS) is 18.8. The molecule has 18 heavy (non-hydrogen) atoms. The lowest BCUT2D eigenvalue weighted by molar-refractivity contribution is -0.131. The van der Waals surface area contributed by atoms with Crippen LogP contribution in [-0.2, 0) is 9.59 Å². The number of primary amides is 1. The standard InChI is InChI=1S/C12H15N3O3/c1-7(11(13)16)15-12(17)10-6-14-8-4-2-3-5-9(8)18-10/h2-5,7,10,14H,6H2,1H3,(H2,13,16)(H,15,17). The second-order valence-corrected chi connectivity index (χ2v) is 4.12. The molecular weight excluding hydrogens is 234 g/mol. The molecule has 0 fully saturated rings. The number of carbonyl (C=O) groups excluding carboxylic acids is 2. The van der Waals surface area contributed by atoms with E-state index in [1.54, 1.807) is 6.07 Å². The van der Waals surface area contributed by atoms with E-state index in [1.165, 1.54) is 6.92 Å². The highest BCUT2D eigenvalue weighted by Gasteiger charge is 2.27. The summed E-state index contributed by atoms with van der Waals surface area (Å²) in [6, 6.07) is 6.64. The highest BCUT2D eigenvalue weighted by molar-refractivity contribution is 5.89. The van der Waals surface area contributed by atoms with Crippen LogP contribution in [0.15, 0.2) is 24.3 Å². The number of nitrogens with one attached hydrogen (secondary N) is 2. The Labute approximate surface area is 104 Å². The number of carbonyl (C=O) groups is 2. The summed E-state index contributed by atoms with van der Waals surface area (Å²) in [4.78, 5) is 22.7. The minimum atomic E-state index is -0.710. The van der Waals surface area contributed by atoms with Crippen LogP contribution in [0, 0.1) is 0 Å². The predicted octanol–water partition coefficient (Wildman–Crippen LogP) is -0.151. The van der Waals surface area contributed by atoms with E-state index in [4.69, 9.17) is 10.5 Å². The molecule has 6 nitrogen and oxygen atoms in total. The molecule has 2 atom stereocenters. The predicted molar refractivity (Wildman–Crippen MR) is 66.1 cm³/mol. The fourth-order valence-electron chi connectivity index (χ4n) is 1.64. The molecule has 0 aliphatic carbocycles. The maximum atomic E-state index is 11.8. The topological polar surface area (TPSA) is 93.4 Å². The first kappa shape index (κ1) is 12.2. The molecule has 2 unspecified atom stereocenters. The number of rotatable bonds is 3. The summed E-state index contributed by atoms with van der Waals surface area (Å²) in [6.07, 6.45) is -0.665. The van der Waals surface area contributed by atoms with Crippen LogP contribution in [0.5, 0.6) is 5.75 Å². The van der Waals surface area contributed by atoms with Gasteiger partial charge in [-0.2, -0.15) is 0 Å². The smallest absolute Gasteiger partial charge is 0.263 e. The van der Waals surface area contributed by atoms with Crippen molar-refractivity contribution in [3.63, 3.8) is 0 Å². The average molecular weight is 249 g/mol. The molecule has 1 aliphatic rings. The average Bonchev–Trinajstić information content (AvgIpc) is 2.37. The third-order valence-electron chi connectivity index (χ3n) is 2.71. The van der Waals surface area contributed by atoms with Gasteiger partial charge >= 0.3 is 0 Å². The zero-order valence-corrected chi connectivity index (χ0v) is 9.97. The van der Waals surface area contributed by atoms with Crippen LogP contribution in [0.2, 0.25) is 0 Å². The molecule has 0 saturated carbocycles. The van der Waals surface area contributed by atoms with Gasteiger partial charge < -0.3 is 21.1 Å². The van der Waals surface area contributed by atoms with Gasteiger partial charge in [0.2, 0.25) is 5.91 Å². The number of hydrogen-bond acceptors (Lipinski definition) is 4. The summed E-state index contributed by atoms with van der Waals surface area (Å²) in [5, 5.41) is 5.60. The van der Waals surface area contributed by atoms with E-state index in [1.807, 2.05) is 18.2 Å². The maximum absolute atomic E-state index is 11.8. The molecule has 0 spiro atoms. The van der Waals surface area contributed by atoms with Gasteiger partial charge in [0.25, 0.3) is 5.91 Å². The monoisotopic (exact) mass is 249 g/mol. The van der Waals surface area contributed by atoms with Crippen molar-refractivity contribution in [2.45, 2.75) is 19.1 Å². The summed E-state index contributed by atoms with van der Waals surface area (Å²) in [6.45, 7) is 1.89. The highest BCUT2D eigenvalue weighted by Crippen LogP contribution is 2.28. The number of nitrogens with two attached hydrogens (primary N) is 1. The summed E-state index contributed by atoms with van der Waals surface area (Å²) in [7, 11) is 0. The lowest BCUT2D eigenvalue weighted by Gasteiger charge is -2.27. The van der Waals surface area contributed by atoms with Crippen LogP contribution in [0.1, 0.15) is 6.92 Å². The Hall–Kier alpha value is -2.24. The van der Waals surface area contributed by atoms with Crippen LogP contribution in [0.4, 0.5) is 5.69 Å². The molecule has 1 heterocycles. The van der Waals surface area contributed by atoms with E-state index >= 15 is 0 Å². The van der Waals surface area contributed by atoms with Gasteiger partial charge in [-0.1, -0.05) is 12.1 Å². The van der Waals surface area contributed by atoms with Gasteiger partial charge in [-0.05, 0) is 19.1 Å². The van der Waals surface area contributed by atoms with Crippen LogP contribution in [0.25, 0.3) is 0 Å². The summed E-state index contributed by atoms with van der Waals surface area (Å²) in [5.74, 6) is -0.313. The number of fused-ring (bicyclic) bond motifs is 1. The first-order chi connectivity index (χ1) is 8.58. The van der Waals surface area contributed by atoms with E-state index in [0.29, 0.717) is 12.3 Å². The van der Waals surface area contributed by atoms with Gasteiger partial charge in [0, 0.05) is 0 Å². The maximum Gasteiger partial charge on any atom is 0.263 e. The molecule has 1 aromatic rings. The number of anilines is 1. The highest BCUT2D eigenvalue weighted by atomic mass is 16.5. The molecule has 1 aromatic carbocycles. The van der Waals surface area contributed by atoms with Gasteiger partial charge in [0.1, 0.15) is 11.8 Å². The van der Waals surface area contributed by atoms with Crippen LogP contribution in [0.3, 0.4) is 0 Å². The number of benzene rings is 1. The van der Waals surface area contributed by atoms with Crippen molar-refractivity contribution >= 4 is 17.5 Å². The lowest BCUT2D eigenvalue weighted by Crippen LogP contribution is -2.50. The first-order valence-corrected chi connectivity index (χ1v) is 5.67. The third kappa shape index (κ3) is 2.53. The molecule has 6 heteroatoms. The van der Waals surface area contributed by atoms with Crippen LogP contribution in [-0.4, -0.2) is 30.5 Å². The van der Waals surface area contributed by atoms with Crippen molar-refractivity contribution in [3.05, 3.63) is 24.3 Å². The van der Waals surface area contributed by atoms with Crippen molar-refractivity contribution in [1.82, 2.24) is 5.32 Å². The molecule has 2 rings (SSSR count). The Morgan fingerprint density at radius 3 is 2.94 bits per heavy atom. The van der Waals surface area contributed by atoms with Gasteiger partial charge in [-0.3, -0.25) is 9.59 Å². The zero-order chi connectivity index (χ0) is 13.1. The van der Waals surface area contributed by atoms with Crippen molar-refractivity contribution in [3.8, 4) is 5.75 Å². The molecule has 4 N–H and O–H groups in total. The summed E-state index contributed by atoms with van der Waals surface area (Å²) in [5.41, 5.74) is 5.93. The third-order valence-corrected chi connectivity index (χ3v) is 2.71. The number of amides is 2. The van der Waals surface area contributed by atoms with E-state index in [9.17, 15) is 9.59 Å². The van der Waals surface area contributed by atoms with Gasteiger partial charge in [0.05, 0.1) is 12.2 Å². The fourth-order valence-corrected chi connectivity index (χ4v) is 1.64. The molecule has 0 saturated heterocycles. The number of para-hydroxylation sites is 2. The Kier molecular flexibility index (Phi) is 3.36. The van der Waals surface area contributed by atoms with E-state index in [2.05, 4.69) is 10.6 Å². The fraction of sp³-hybridized carbons (Fsp3) is 0.333. The molecule has 1 aliphatic heterocycles. The van der Waals surface area contributed by atoms with Crippen molar-refractivity contribution in [2.75, 3.05) is 11.9 Å². The second-order valence-electron chi connectivity index (χ2n) is 4.12. The molecule has 0 radical (unpaired) electrons.